The molecule has 4 amide bonds. The quantitative estimate of drug-likeness (QED) is 0.0384. The molecule has 0 radical (unpaired) electrons. The normalized spacial score (nSPS) is 15.2. The van der Waals surface area contributed by atoms with Crippen LogP contribution in [0.5, 0.6) is 17.2 Å². The van der Waals surface area contributed by atoms with Crippen molar-refractivity contribution in [2.24, 2.45) is 5.41 Å². The van der Waals surface area contributed by atoms with Gasteiger partial charge in [0, 0.05) is 52.1 Å². The zero-order valence-electron chi connectivity index (χ0n) is 38.7. The summed E-state index contributed by atoms with van der Waals surface area (Å²) in [4.78, 5) is 74.1. The first-order chi connectivity index (χ1) is 33.0. The van der Waals surface area contributed by atoms with Gasteiger partial charge in [0.1, 0.15) is 35.9 Å². The minimum absolute atomic E-state index is 0.0459. The van der Waals surface area contributed by atoms with Crippen molar-refractivity contribution in [2.45, 2.75) is 58.8 Å². The van der Waals surface area contributed by atoms with Crippen LogP contribution < -0.4 is 20.7 Å². The number of aliphatic hydroxyl groups is 1. The third kappa shape index (κ3) is 12.9. The van der Waals surface area contributed by atoms with Crippen LogP contribution >= 0.6 is 22.7 Å². The molecule has 3 atom stereocenters. The van der Waals surface area contributed by atoms with Gasteiger partial charge in [-0.3, -0.25) is 24.0 Å². The molecule has 2 aromatic heterocycles. The average molecular weight is 978 g/mol. The van der Waals surface area contributed by atoms with Crippen molar-refractivity contribution >= 4 is 62.2 Å². The van der Waals surface area contributed by atoms with Gasteiger partial charge in [-0.2, -0.15) is 0 Å². The van der Waals surface area contributed by atoms with Crippen molar-refractivity contribution in [1.29, 1.82) is 0 Å². The zero-order valence-corrected chi connectivity index (χ0v) is 40.3. The molecular formula is C51H55N5O11S2. The van der Waals surface area contributed by atoms with Crippen LogP contribution in [0.15, 0.2) is 96.5 Å². The highest BCUT2D eigenvalue weighted by Crippen LogP contribution is 2.41. The van der Waals surface area contributed by atoms with Crippen molar-refractivity contribution < 1.29 is 53.5 Å². The number of aliphatic hydroxyl groups excluding tert-OH is 1. The van der Waals surface area contributed by atoms with Crippen LogP contribution in [-0.4, -0.2) is 119 Å². The lowest BCUT2D eigenvalue weighted by Gasteiger charge is -2.35. The Morgan fingerprint density at radius 1 is 0.812 bits per heavy atom. The monoisotopic (exact) mass is 977 g/mol. The summed E-state index contributed by atoms with van der Waals surface area (Å²) in [5.41, 5.74) is 5.55. The molecule has 4 aromatic carbocycles. The molecule has 0 aliphatic carbocycles. The summed E-state index contributed by atoms with van der Waals surface area (Å²) in [6.07, 6.45) is -0.828. The van der Waals surface area contributed by atoms with Gasteiger partial charge in [-0.1, -0.05) is 45.0 Å². The summed E-state index contributed by atoms with van der Waals surface area (Å²) in [6, 6.07) is 23.8. The minimum atomic E-state index is -1.01. The maximum Gasteiger partial charge on any atom is 0.258 e. The summed E-state index contributed by atoms with van der Waals surface area (Å²) in [6.45, 7) is 7.47. The number of rotatable bonds is 20. The van der Waals surface area contributed by atoms with Gasteiger partial charge in [-0.25, -0.2) is 4.98 Å². The van der Waals surface area contributed by atoms with E-state index in [1.807, 2.05) is 31.2 Å². The van der Waals surface area contributed by atoms with Crippen molar-refractivity contribution in [3.05, 3.63) is 119 Å². The fraction of sp³-hybridized carbons (Fsp3) is 0.333. The number of benzene rings is 4. The number of phenolic OH excluding ortho intramolecular Hbond substituents is 2. The molecule has 6 N–H and O–H groups in total. The van der Waals surface area contributed by atoms with Gasteiger partial charge in [0.05, 0.1) is 42.0 Å². The molecule has 69 heavy (non-hydrogen) atoms. The average Bonchev–Trinajstić information content (AvgIpc) is 4.06. The Morgan fingerprint density at radius 2 is 1.49 bits per heavy atom. The van der Waals surface area contributed by atoms with Gasteiger partial charge in [-0.15, -0.1) is 22.7 Å². The van der Waals surface area contributed by atoms with Gasteiger partial charge < -0.3 is 50.4 Å². The molecule has 0 spiro atoms. The largest absolute Gasteiger partial charge is 0.508 e. The fourth-order valence-corrected chi connectivity index (χ4v) is 9.85. The molecule has 3 heterocycles. The Kier molecular flexibility index (Phi) is 16.4. The summed E-state index contributed by atoms with van der Waals surface area (Å²) in [5.74, 6) is -1.46. The molecule has 1 saturated heterocycles. The molecule has 1 aliphatic heterocycles. The number of carbonyl (C=O) groups excluding carboxylic acids is 5. The van der Waals surface area contributed by atoms with Crippen LogP contribution in [-0.2, 0) is 35.2 Å². The number of carbonyl (C=O) groups is 5. The fourth-order valence-electron chi connectivity index (χ4n) is 7.80. The topological polar surface area (TPSA) is 226 Å². The predicted molar refractivity (Wildman–Crippen MR) is 262 cm³/mol. The van der Waals surface area contributed by atoms with E-state index < -0.39 is 41.3 Å². The molecular weight excluding hydrogens is 923 g/mol. The molecule has 16 nitrogen and oxygen atoms in total. The van der Waals surface area contributed by atoms with E-state index >= 15 is 0 Å². The van der Waals surface area contributed by atoms with Crippen molar-refractivity contribution in [3.8, 4) is 38.1 Å². The summed E-state index contributed by atoms with van der Waals surface area (Å²) < 4.78 is 17.4. The predicted octanol–water partition coefficient (Wildman–Crippen LogP) is 5.98. The van der Waals surface area contributed by atoms with Crippen LogP contribution in [0, 0.1) is 12.3 Å². The molecule has 0 unspecified atom stereocenters. The Balaban J connectivity index is 0.794. The Labute approximate surface area is 407 Å². The number of thiazole rings is 1. The summed E-state index contributed by atoms with van der Waals surface area (Å²) in [7, 11) is 0. The van der Waals surface area contributed by atoms with Crippen LogP contribution in [0.3, 0.4) is 0 Å². The lowest BCUT2D eigenvalue weighted by Crippen LogP contribution is -2.58. The van der Waals surface area contributed by atoms with E-state index in [4.69, 9.17) is 14.2 Å². The number of aryl methyl sites for hydroxylation is 1. The van der Waals surface area contributed by atoms with Crippen molar-refractivity contribution in [1.82, 2.24) is 25.8 Å². The van der Waals surface area contributed by atoms with Gasteiger partial charge in [-0.05, 0) is 95.8 Å². The van der Waals surface area contributed by atoms with Gasteiger partial charge in [0.15, 0.2) is 12.4 Å². The molecule has 6 aromatic rings. The lowest BCUT2D eigenvalue weighted by atomic mass is 9.85. The third-order valence-corrected chi connectivity index (χ3v) is 13.6. The maximum absolute atomic E-state index is 13.9. The van der Waals surface area contributed by atoms with E-state index in [1.165, 1.54) is 22.3 Å². The number of hydrogen-bond acceptors (Lipinski definition) is 14. The highest BCUT2D eigenvalue weighted by Gasteiger charge is 2.44. The van der Waals surface area contributed by atoms with Crippen LogP contribution in [0.25, 0.3) is 31.0 Å². The van der Waals surface area contributed by atoms with Gasteiger partial charge in [0.2, 0.25) is 17.7 Å². The van der Waals surface area contributed by atoms with E-state index in [0.29, 0.717) is 27.1 Å². The van der Waals surface area contributed by atoms with E-state index in [9.17, 15) is 39.3 Å². The van der Waals surface area contributed by atoms with E-state index in [1.54, 1.807) is 98.3 Å². The number of fused-ring (bicyclic) bond motifs is 1. The standard InChI is InChI=1S/C51H55N5O11S2/c1-30-46(68-29-54-30)33-7-5-31(6-8-33)25-53-49(63)40-23-37(59)26-56(40)50(64)48(51(2,3)4)55-43(61)27-66-22-21-65-20-19-52-42(60)28-67-38-16-11-32(12-17-38)45(62)44-39-18-15-36(58)24-41(39)69-47(44)34-9-13-35(57)14-10-34/h5-18,24,29,37,40,48,57-59H,19-23,25-28H2,1-4H3,(H,52,60)(H,53,63)(H,55,61)/t37-,40+,48-/m1/s1. The van der Waals surface area contributed by atoms with E-state index in [-0.39, 0.29) is 82.3 Å². The van der Waals surface area contributed by atoms with Crippen molar-refractivity contribution in [3.63, 3.8) is 0 Å². The molecule has 1 aliphatic rings. The maximum atomic E-state index is 13.9. The number of nitrogens with one attached hydrogen (secondary N) is 3. The number of amides is 4. The molecule has 0 saturated carbocycles. The number of phenols is 2. The highest BCUT2D eigenvalue weighted by molar-refractivity contribution is 7.22. The van der Waals surface area contributed by atoms with Crippen LogP contribution in [0.2, 0.25) is 0 Å². The molecule has 0 bridgehead atoms. The first kappa shape index (κ1) is 50.2. The second kappa shape index (κ2) is 22.6. The number of aromatic hydroxyl groups is 2. The van der Waals surface area contributed by atoms with E-state index in [2.05, 4.69) is 20.9 Å². The number of nitrogens with zero attached hydrogens (tertiary/aromatic N) is 2. The number of likely N-dealkylation sites (tertiary alicyclic amines) is 1. The van der Waals surface area contributed by atoms with E-state index in [0.717, 1.165) is 32.0 Å². The number of aromatic nitrogens is 1. The van der Waals surface area contributed by atoms with Crippen LogP contribution in [0.1, 0.15) is 54.4 Å². The first-order valence-electron chi connectivity index (χ1n) is 22.4. The number of ketones is 1. The Hall–Kier alpha value is -6.70. The molecule has 362 valence electrons. The number of β-amino-alcohol motifs (C(OH)–C–C–N with tert-alkyl or cyclic N) is 1. The first-order valence-corrected chi connectivity index (χ1v) is 24.0. The number of thiophene rings is 1. The van der Waals surface area contributed by atoms with Gasteiger partial charge >= 0.3 is 0 Å². The molecule has 7 rings (SSSR count). The minimum Gasteiger partial charge on any atom is -0.508 e. The van der Waals surface area contributed by atoms with Crippen molar-refractivity contribution in [2.75, 3.05) is 46.1 Å². The zero-order chi connectivity index (χ0) is 49.2. The Bertz CT molecular complexity index is 2770. The Morgan fingerprint density at radius 3 is 2.19 bits per heavy atom. The third-order valence-electron chi connectivity index (χ3n) is 11.4. The number of ether oxygens (including phenoxy) is 3. The highest BCUT2D eigenvalue weighted by atomic mass is 32.1. The molecule has 18 heteroatoms. The summed E-state index contributed by atoms with van der Waals surface area (Å²) in [5, 5.41) is 39.5. The smallest absolute Gasteiger partial charge is 0.258 e. The molecule has 1 fully saturated rings. The SMILES string of the molecule is Cc1ncsc1-c1ccc(CNC(=O)[C@@H]2C[C@@H](O)CN2C(=O)[C@@H](NC(=O)COCCOCCNC(=O)COc2ccc(C(=O)c3c(-c4ccc(O)cc4)sc4cc(O)ccc34)cc2)C(C)(C)C)cc1. The van der Waals surface area contributed by atoms with Crippen LogP contribution in [0.4, 0.5) is 0 Å². The second-order valence-corrected chi connectivity index (χ2v) is 19.5. The van der Waals surface area contributed by atoms with Gasteiger partial charge in [0.25, 0.3) is 5.91 Å². The lowest BCUT2D eigenvalue weighted by molar-refractivity contribution is -0.144. The number of hydrogen-bond donors (Lipinski definition) is 6. The summed E-state index contributed by atoms with van der Waals surface area (Å²) >= 11 is 2.93. The second-order valence-electron chi connectivity index (χ2n) is 17.6.